The van der Waals surface area contributed by atoms with Crippen LogP contribution in [0.3, 0.4) is 0 Å². The summed E-state index contributed by atoms with van der Waals surface area (Å²) in [5, 5.41) is 0. The summed E-state index contributed by atoms with van der Waals surface area (Å²) in [7, 11) is -1.67. The molecule has 1 N–H and O–H groups in total. The largest absolute Gasteiger partial charge is 0.394 e. The van der Waals surface area contributed by atoms with Crippen LogP contribution in [0.5, 0.6) is 0 Å². The highest BCUT2D eigenvalue weighted by molar-refractivity contribution is 14.1. The van der Waals surface area contributed by atoms with Crippen molar-refractivity contribution in [3.63, 3.8) is 0 Å². The van der Waals surface area contributed by atoms with E-state index in [0.29, 0.717) is 12.6 Å². The zero-order chi connectivity index (χ0) is 12.8. The predicted octanol–water partition coefficient (Wildman–Crippen LogP) is 0.139. The van der Waals surface area contributed by atoms with E-state index in [0.717, 1.165) is 0 Å². The van der Waals surface area contributed by atoms with Crippen LogP contribution in [0.15, 0.2) is 0 Å². The minimum absolute atomic E-state index is 0.283. The fourth-order valence-corrected chi connectivity index (χ4v) is 2.10. The van der Waals surface area contributed by atoms with Gasteiger partial charge in [0.05, 0.1) is 0 Å². The molecular formula is C8H17IN2O4S. The van der Waals surface area contributed by atoms with Crippen molar-refractivity contribution in [1.82, 2.24) is 9.62 Å². The van der Waals surface area contributed by atoms with Crippen LogP contribution in [0, 0.1) is 0 Å². The third-order valence-electron chi connectivity index (χ3n) is 2.06. The Morgan fingerprint density at radius 3 is 2.50 bits per heavy atom. The van der Waals surface area contributed by atoms with E-state index in [4.69, 9.17) is 0 Å². The van der Waals surface area contributed by atoms with Gasteiger partial charge in [0.1, 0.15) is 0 Å². The molecule has 0 saturated heterocycles. The Labute approximate surface area is 110 Å². The van der Waals surface area contributed by atoms with Crippen molar-refractivity contribution >= 4 is 39.0 Å². The van der Waals surface area contributed by atoms with E-state index in [9.17, 15) is 13.2 Å². The maximum absolute atomic E-state index is 11.3. The van der Waals surface area contributed by atoms with Crippen LogP contribution in [0.1, 0.15) is 13.8 Å². The minimum Gasteiger partial charge on any atom is -0.394 e. The molecule has 0 aromatic carbocycles. The number of carbonyl (C=O) groups is 1. The highest BCUT2D eigenvalue weighted by Crippen LogP contribution is 1.94. The molecule has 0 amide bonds. The van der Waals surface area contributed by atoms with Crippen LogP contribution in [0.4, 0.5) is 0 Å². The van der Waals surface area contributed by atoms with Gasteiger partial charge >= 0.3 is 5.97 Å². The Morgan fingerprint density at radius 1 is 1.50 bits per heavy atom. The molecule has 0 aromatic heterocycles. The van der Waals surface area contributed by atoms with Gasteiger partial charge < -0.3 is 7.97 Å². The van der Waals surface area contributed by atoms with Crippen LogP contribution in [0.25, 0.3) is 0 Å². The van der Waals surface area contributed by atoms with Gasteiger partial charge in [0.15, 0.2) is 28.8 Å². The zero-order valence-electron chi connectivity index (χ0n) is 9.57. The second kappa shape index (κ2) is 7.41. The molecule has 0 unspecified atom stereocenters. The molecule has 8 heteroatoms. The number of hydrogen-bond donors (Lipinski definition) is 1. The smallest absolute Gasteiger partial charge is 0.331 e. The molecule has 0 heterocycles. The van der Waals surface area contributed by atoms with Gasteiger partial charge in [-0.05, 0) is 20.9 Å². The first kappa shape index (κ1) is 16.1. The maximum Gasteiger partial charge on any atom is 0.331 e. The van der Waals surface area contributed by atoms with Crippen molar-refractivity contribution in [1.29, 1.82) is 0 Å². The van der Waals surface area contributed by atoms with Gasteiger partial charge in [-0.15, -0.1) is 0 Å². The molecule has 16 heavy (non-hydrogen) atoms. The van der Waals surface area contributed by atoms with Gasteiger partial charge in [-0.3, -0.25) is 4.79 Å². The Hall–Kier alpha value is 0.0700. The quantitative estimate of drug-likeness (QED) is 0.651. The number of sulfonamides is 1. The number of rotatable bonds is 7. The zero-order valence-corrected chi connectivity index (χ0v) is 12.5. The van der Waals surface area contributed by atoms with E-state index in [1.165, 1.54) is 23.0 Å². The van der Waals surface area contributed by atoms with Crippen molar-refractivity contribution in [2.75, 3.05) is 25.9 Å². The van der Waals surface area contributed by atoms with Crippen LogP contribution in [-0.4, -0.2) is 51.2 Å². The van der Waals surface area contributed by atoms with E-state index < -0.39 is 21.7 Å². The van der Waals surface area contributed by atoms with Crippen molar-refractivity contribution in [2.24, 2.45) is 0 Å². The average molecular weight is 364 g/mol. The highest BCUT2D eigenvalue weighted by Gasteiger charge is 2.16. The molecule has 0 saturated carbocycles. The molecule has 0 fully saturated rings. The summed E-state index contributed by atoms with van der Waals surface area (Å²) in [6.07, 6.45) is 0. The molecule has 0 atom stereocenters. The predicted molar refractivity (Wildman–Crippen MR) is 69.7 cm³/mol. The van der Waals surface area contributed by atoms with E-state index >= 15 is 0 Å². The Morgan fingerprint density at radius 2 is 2.06 bits per heavy atom. The standard InChI is InChI=1S/C8H17IN2O4S/c1-7(2)11(3)5-4-10-16(13,14)6-8(12)15-9/h7,10H,4-6H2,1-3H3. The van der Waals surface area contributed by atoms with Crippen molar-refractivity contribution in [3.05, 3.63) is 0 Å². The van der Waals surface area contributed by atoms with Gasteiger partial charge in [-0.2, -0.15) is 0 Å². The Kier molecular flexibility index (Phi) is 7.44. The van der Waals surface area contributed by atoms with E-state index in [-0.39, 0.29) is 6.54 Å². The van der Waals surface area contributed by atoms with E-state index in [1.54, 1.807) is 0 Å². The van der Waals surface area contributed by atoms with Gasteiger partial charge in [0, 0.05) is 19.1 Å². The number of halogens is 1. The van der Waals surface area contributed by atoms with Crippen LogP contribution in [-0.2, 0) is 17.9 Å². The third-order valence-corrected chi connectivity index (χ3v) is 3.81. The van der Waals surface area contributed by atoms with Crippen LogP contribution in [0.2, 0.25) is 0 Å². The first-order chi connectivity index (χ1) is 7.28. The summed E-state index contributed by atoms with van der Waals surface area (Å²) in [4.78, 5) is 12.8. The number of likely N-dealkylation sites (N-methyl/N-ethyl adjacent to an activating group) is 1. The maximum atomic E-state index is 11.3. The molecule has 0 aromatic rings. The van der Waals surface area contributed by atoms with E-state index in [2.05, 4.69) is 7.79 Å². The lowest BCUT2D eigenvalue weighted by Crippen LogP contribution is -2.38. The Bertz CT molecular complexity index is 318. The fourth-order valence-electron chi connectivity index (χ4n) is 0.864. The minimum atomic E-state index is -3.57. The SMILES string of the molecule is CC(C)N(C)CCNS(=O)(=O)CC(=O)OI. The Balaban J connectivity index is 3.97. The molecule has 0 radical (unpaired) electrons. The molecule has 0 spiro atoms. The lowest BCUT2D eigenvalue weighted by Gasteiger charge is -2.20. The van der Waals surface area contributed by atoms with Gasteiger partial charge in [0.2, 0.25) is 10.0 Å². The van der Waals surface area contributed by atoms with Crippen LogP contribution < -0.4 is 4.72 Å². The van der Waals surface area contributed by atoms with Crippen molar-refractivity contribution in [2.45, 2.75) is 19.9 Å². The molecule has 0 bridgehead atoms. The fraction of sp³-hybridized carbons (Fsp3) is 0.875. The molecule has 0 rings (SSSR count). The molecule has 96 valence electrons. The first-order valence-corrected chi connectivity index (χ1v) is 7.31. The number of carbonyl (C=O) groups excluding carboxylic acids is 1. The number of hydrogen-bond acceptors (Lipinski definition) is 5. The highest BCUT2D eigenvalue weighted by atomic mass is 127. The van der Waals surface area contributed by atoms with Crippen LogP contribution >= 0.6 is 23.0 Å². The average Bonchev–Trinajstić information content (AvgIpc) is 2.16. The van der Waals surface area contributed by atoms with Gasteiger partial charge in [0.25, 0.3) is 0 Å². The summed E-state index contributed by atoms with van der Waals surface area (Å²) < 4.78 is 29.2. The van der Waals surface area contributed by atoms with Crippen molar-refractivity contribution in [3.8, 4) is 0 Å². The summed E-state index contributed by atoms with van der Waals surface area (Å²) in [5.41, 5.74) is 0. The summed E-state index contributed by atoms with van der Waals surface area (Å²) in [6.45, 7) is 4.91. The second-order valence-corrected chi connectivity index (χ2v) is 5.92. The van der Waals surface area contributed by atoms with Crippen molar-refractivity contribution < 1.29 is 16.3 Å². The van der Waals surface area contributed by atoms with Gasteiger partial charge in [-0.25, -0.2) is 13.1 Å². The molecule has 0 aliphatic carbocycles. The van der Waals surface area contributed by atoms with Gasteiger partial charge in [-0.1, -0.05) is 0 Å². The van der Waals surface area contributed by atoms with E-state index in [1.807, 2.05) is 25.8 Å². The molecule has 0 aliphatic heterocycles. The molecule has 0 aliphatic rings. The molecular weight excluding hydrogens is 347 g/mol. The lowest BCUT2D eigenvalue weighted by atomic mass is 10.3. The number of nitrogens with one attached hydrogen (secondary N) is 1. The normalized spacial score (nSPS) is 12.1. The first-order valence-electron chi connectivity index (χ1n) is 4.77. The topological polar surface area (TPSA) is 75.7 Å². The lowest BCUT2D eigenvalue weighted by molar-refractivity contribution is -0.128. The molecule has 6 nitrogen and oxygen atoms in total. The second-order valence-electron chi connectivity index (χ2n) is 3.68. The summed E-state index contributed by atoms with van der Waals surface area (Å²) >= 11 is 1.36. The summed E-state index contributed by atoms with van der Waals surface area (Å²) in [5.74, 6) is -1.41. The third kappa shape index (κ3) is 7.36. The number of nitrogens with zero attached hydrogens (tertiary/aromatic N) is 1. The monoisotopic (exact) mass is 364 g/mol. The summed E-state index contributed by atoms with van der Waals surface area (Å²) in [6, 6.07) is 0.351.